The van der Waals surface area contributed by atoms with Crippen molar-refractivity contribution in [3.05, 3.63) is 17.2 Å². The number of hydrogen-bond donors (Lipinski definition) is 0. The second-order valence-electron chi connectivity index (χ2n) is 2.20. The predicted molar refractivity (Wildman–Crippen MR) is 36.2 cm³/mol. The predicted octanol–water partition coefficient (Wildman–Crippen LogP) is 0.980. The van der Waals surface area contributed by atoms with Gasteiger partial charge in [0.15, 0.2) is 0 Å². The van der Waals surface area contributed by atoms with Gasteiger partial charge < -0.3 is 0 Å². The van der Waals surface area contributed by atoms with Gasteiger partial charge in [-0.15, -0.1) is 0 Å². The maximum atomic E-state index is 2.12. The van der Waals surface area contributed by atoms with Crippen LogP contribution in [-0.2, 0) is 7.05 Å². The van der Waals surface area contributed by atoms with Crippen LogP contribution in [-0.4, -0.2) is 11.5 Å². The van der Waals surface area contributed by atoms with Gasteiger partial charge in [-0.2, -0.15) is 0 Å². The molecule has 0 amide bonds. The SMILES string of the molecule is Cc1cbn(C)c1C. The number of aryl methyl sites for hydroxylation is 2. The Morgan fingerprint density at radius 1 is 1.50 bits per heavy atom. The zero-order valence-corrected chi connectivity index (χ0v) is 5.60. The summed E-state index contributed by atoms with van der Waals surface area (Å²) in [5.41, 5.74) is 2.72. The summed E-state index contributed by atoms with van der Waals surface area (Å²) in [4.78, 5) is 0. The summed E-state index contributed by atoms with van der Waals surface area (Å²) in [5.74, 6) is 2.12. The maximum absolute atomic E-state index is 2.12. The molecule has 0 aromatic carbocycles. The van der Waals surface area contributed by atoms with Crippen molar-refractivity contribution in [3.63, 3.8) is 0 Å². The Morgan fingerprint density at radius 3 is 2.25 bits per heavy atom. The molecule has 0 bridgehead atoms. The van der Waals surface area contributed by atoms with Crippen molar-refractivity contribution in [1.29, 1.82) is 0 Å². The number of nitrogens with zero attached hydrogens (tertiary/aromatic N) is 1. The Kier molecular flexibility index (Phi) is 1.24. The van der Waals surface area contributed by atoms with E-state index in [1.54, 1.807) is 0 Å². The molecule has 8 heavy (non-hydrogen) atoms. The first-order valence-electron chi connectivity index (χ1n) is 2.80. The third kappa shape index (κ3) is 0.704. The molecule has 0 fully saturated rings. The van der Waals surface area contributed by atoms with Crippen molar-refractivity contribution in [3.8, 4) is 0 Å². The third-order valence-electron chi connectivity index (χ3n) is 1.65. The first-order chi connectivity index (χ1) is 3.72. The van der Waals surface area contributed by atoms with E-state index in [1.807, 2.05) is 0 Å². The monoisotopic (exact) mass is 107 g/mol. The van der Waals surface area contributed by atoms with Crippen molar-refractivity contribution in [2.75, 3.05) is 0 Å². The van der Waals surface area contributed by atoms with Crippen LogP contribution in [0.15, 0.2) is 5.96 Å². The Hall–Kier alpha value is -0.525. The molecule has 0 aliphatic carbocycles. The summed E-state index contributed by atoms with van der Waals surface area (Å²) in [6.45, 7) is 4.24. The van der Waals surface area contributed by atoms with Gasteiger partial charge >= 0.3 is 49.6 Å². The summed E-state index contributed by atoms with van der Waals surface area (Å²) in [7, 11) is 4.13. The molecular formula is C6H10BN. The Labute approximate surface area is 50.6 Å². The van der Waals surface area contributed by atoms with Crippen molar-refractivity contribution < 1.29 is 0 Å². The third-order valence-corrected chi connectivity index (χ3v) is 1.65. The molecule has 1 rings (SSSR count). The number of hydrogen-bond acceptors (Lipinski definition) is 0. The van der Waals surface area contributed by atoms with E-state index >= 15 is 0 Å². The van der Waals surface area contributed by atoms with E-state index in [2.05, 4.69) is 38.4 Å². The van der Waals surface area contributed by atoms with Crippen LogP contribution in [0, 0.1) is 13.8 Å². The van der Waals surface area contributed by atoms with Crippen LogP contribution < -0.4 is 0 Å². The molecule has 1 heterocycles. The van der Waals surface area contributed by atoms with Crippen LogP contribution in [0.4, 0.5) is 0 Å². The van der Waals surface area contributed by atoms with E-state index in [1.165, 1.54) is 11.3 Å². The standard InChI is InChI=1S/C6H10BN/c1-5-4-7-8(3)6(5)2/h4H,1-3H3. The minimum absolute atomic E-state index is 1.35. The molecule has 0 aliphatic heterocycles. The summed E-state index contributed by atoms with van der Waals surface area (Å²) in [5, 5.41) is 0. The van der Waals surface area contributed by atoms with Gasteiger partial charge in [-0.25, -0.2) is 0 Å². The zero-order valence-electron chi connectivity index (χ0n) is 5.60. The van der Waals surface area contributed by atoms with E-state index < -0.39 is 0 Å². The van der Waals surface area contributed by atoms with Crippen LogP contribution in [0.2, 0.25) is 0 Å². The van der Waals surface area contributed by atoms with E-state index in [9.17, 15) is 0 Å². The minimum atomic E-state index is 1.35. The van der Waals surface area contributed by atoms with Crippen molar-refractivity contribution in [1.82, 2.24) is 4.47 Å². The summed E-state index contributed by atoms with van der Waals surface area (Å²) >= 11 is 0. The molecule has 0 N–H and O–H groups in total. The molecule has 0 atom stereocenters. The van der Waals surface area contributed by atoms with E-state index in [0.29, 0.717) is 0 Å². The number of aromatic nitrogens is 1. The first kappa shape index (κ1) is 5.61. The van der Waals surface area contributed by atoms with E-state index in [-0.39, 0.29) is 0 Å². The Morgan fingerprint density at radius 2 is 2.12 bits per heavy atom. The molecule has 0 radical (unpaired) electrons. The fourth-order valence-corrected chi connectivity index (χ4v) is 0.734. The zero-order chi connectivity index (χ0) is 6.15. The molecule has 0 saturated carbocycles. The molecule has 0 saturated heterocycles. The van der Waals surface area contributed by atoms with E-state index in [4.69, 9.17) is 0 Å². The molecule has 42 valence electrons. The van der Waals surface area contributed by atoms with Crippen LogP contribution in [0.3, 0.4) is 0 Å². The second kappa shape index (κ2) is 1.77. The topological polar surface area (TPSA) is 4.93 Å². The van der Waals surface area contributed by atoms with Crippen molar-refractivity contribution in [2.24, 2.45) is 7.05 Å². The molecule has 0 spiro atoms. The normalized spacial score (nSPS) is 9.38. The van der Waals surface area contributed by atoms with Crippen LogP contribution >= 0.6 is 0 Å². The van der Waals surface area contributed by atoms with Crippen molar-refractivity contribution in [2.45, 2.75) is 13.8 Å². The first-order valence-corrected chi connectivity index (χ1v) is 2.80. The molecule has 1 aromatic rings. The summed E-state index contributed by atoms with van der Waals surface area (Å²) in [6.07, 6.45) is 0. The van der Waals surface area contributed by atoms with Crippen molar-refractivity contribution >= 4 is 7.05 Å². The summed E-state index contributed by atoms with van der Waals surface area (Å²) in [6, 6.07) is 0. The molecule has 0 unspecified atom stereocenters. The van der Waals surface area contributed by atoms with Gasteiger partial charge in [0.2, 0.25) is 0 Å². The van der Waals surface area contributed by atoms with Crippen LogP contribution in [0.5, 0.6) is 0 Å². The molecule has 1 aromatic heterocycles. The fraction of sp³-hybridized carbons (Fsp3) is 0.500. The van der Waals surface area contributed by atoms with Gasteiger partial charge in [0.05, 0.1) is 0 Å². The average Bonchev–Trinajstić information content (AvgIpc) is 1.98. The van der Waals surface area contributed by atoms with Gasteiger partial charge in [0, 0.05) is 0 Å². The Balaban J connectivity index is 3.19. The Bertz CT molecular complexity index is 171. The van der Waals surface area contributed by atoms with Gasteiger partial charge in [0.25, 0.3) is 0 Å². The van der Waals surface area contributed by atoms with Gasteiger partial charge in [-0.05, 0) is 0 Å². The number of rotatable bonds is 0. The average molecular weight is 107 g/mol. The quantitative estimate of drug-likeness (QED) is 0.465. The fourth-order valence-electron chi connectivity index (χ4n) is 0.734. The van der Waals surface area contributed by atoms with Gasteiger partial charge in [-0.3, -0.25) is 0 Å². The molecule has 1 nitrogen and oxygen atoms in total. The molecule has 0 aliphatic rings. The van der Waals surface area contributed by atoms with Gasteiger partial charge in [-0.1, -0.05) is 0 Å². The second-order valence-corrected chi connectivity index (χ2v) is 2.20. The van der Waals surface area contributed by atoms with E-state index in [0.717, 1.165) is 0 Å². The summed E-state index contributed by atoms with van der Waals surface area (Å²) < 4.78 is 2.12. The molecule has 2 heteroatoms. The van der Waals surface area contributed by atoms with Crippen LogP contribution in [0.1, 0.15) is 11.3 Å². The van der Waals surface area contributed by atoms with Gasteiger partial charge in [0.1, 0.15) is 0 Å². The molecular weight excluding hydrogens is 96.9 g/mol. The van der Waals surface area contributed by atoms with Crippen LogP contribution in [0.25, 0.3) is 0 Å².